The number of carbonyl (C=O) groups is 1. The molecule has 0 heterocycles. The minimum Gasteiger partial charge on any atom is -0.294 e. The van der Waals surface area contributed by atoms with Crippen molar-refractivity contribution in [2.24, 2.45) is 5.84 Å². The fourth-order valence-corrected chi connectivity index (χ4v) is 1.58. The van der Waals surface area contributed by atoms with Gasteiger partial charge in [-0.25, -0.2) is 10.2 Å². The number of carbonyl (C=O) groups excluding carboxylic acids is 1. The van der Waals surface area contributed by atoms with Gasteiger partial charge in [0.1, 0.15) is 5.82 Å². The van der Waals surface area contributed by atoms with Crippen molar-refractivity contribution in [1.82, 2.24) is 5.43 Å². The molecule has 3 nitrogen and oxygen atoms in total. The summed E-state index contributed by atoms with van der Waals surface area (Å²) < 4.78 is 13.6. The van der Waals surface area contributed by atoms with Crippen LogP contribution >= 0.6 is 27.5 Å². The normalized spacial score (nSPS) is 10.0. The Bertz CT molecular complexity index is 373. The first kappa shape index (κ1) is 11.4. The zero-order valence-electron chi connectivity index (χ0n) is 6.98. The average molecular weight is 282 g/mol. The van der Waals surface area contributed by atoms with Crippen molar-refractivity contribution >= 4 is 33.4 Å². The molecule has 14 heavy (non-hydrogen) atoms. The molecule has 0 bridgehead atoms. The fourth-order valence-electron chi connectivity index (χ4n) is 0.943. The van der Waals surface area contributed by atoms with Gasteiger partial charge < -0.3 is 0 Å². The van der Waals surface area contributed by atoms with Gasteiger partial charge in [-0.3, -0.25) is 10.2 Å². The number of benzene rings is 1. The van der Waals surface area contributed by atoms with Crippen LogP contribution < -0.4 is 11.3 Å². The van der Waals surface area contributed by atoms with Crippen molar-refractivity contribution in [2.75, 3.05) is 0 Å². The van der Waals surface area contributed by atoms with Crippen molar-refractivity contribution in [3.8, 4) is 0 Å². The summed E-state index contributed by atoms with van der Waals surface area (Å²) in [5, 5.41) is 0.353. The summed E-state index contributed by atoms with van der Waals surface area (Å²) in [5.74, 6) is 3.91. The molecule has 0 aliphatic heterocycles. The molecule has 6 heteroatoms. The smallest absolute Gasteiger partial charge is 0.238 e. The summed E-state index contributed by atoms with van der Waals surface area (Å²) in [7, 11) is 0. The number of nitrogens with one attached hydrogen (secondary N) is 1. The lowest BCUT2D eigenvalue weighted by Crippen LogP contribution is -2.31. The number of hydrogen-bond donors (Lipinski definition) is 2. The summed E-state index contributed by atoms with van der Waals surface area (Å²) in [5.41, 5.74) is 2.11. The number of nitrogens with two attached hydrogens (primary N) is 1. The van der Waals surface area contributed by atoms with Crippen LogP contribution in [0.3, 0.4) is 0 Å². The van der Waals surface area contributed by atoms with Crippen molar-refractivity contribution < 1.29 is 9.18 Å². The van der Waals surface area contributed by atoms with Gasteiger partial charge in [-0.1, -0.05) is 11.6 Å². The van der Waals surface area contributed by atoms with Crippen molar-refractivity contribution in [1.29, 1.82) is 0 Å². The lowest BCUT2D eigenvalue weighted by atomic mass is 10.1. The molecule has 0 aliphatic carbocycles. The van der Waals surface area contributed by atoms with E-state index in [-0.39, 0.29) is 12.0 Å². The summed E-state index contributed by atoms with van der Waals surface area (Å²) in [6.45, 7) is 0. The van der Waals surface area contributed by atoms with E-state index in [1.165, 1.54) is 12.1 Å². The lowest BCUT2D eigenvalue weighted by Gasteiger charge is -2.06. The minimum atomic E-state index is -0.495. The number of rotatable bonds is 2. The van der Waals surface area contributed by atoms with E-state index in [1.807, 2.05) is 5.43 Å². The van der Waals surface area contributed by atoms with Gasteiger partial charge >= 0.3 is 0 Å². The monoisotopic (exact) mass is 280 g/mol. The maximum absolute atomic E-state index is 13.2. The Hall–Kier alpha value is -0.650. The molecular formula is C8H7BrClFN2O. The molecule has 0 fully saturated rings. The third-order valence-corrected chi connectivity index (χ3v) is 3.09. The van der Waals surface area contributed by atoms with E-state index < -0.39 is 11.7 Å². The average Bonchev–Trinajstić information content (AvgIpc) is 2.18. The van der Waals surface area contributed by atoms with E-state index in [4.69, 9.17) is 17.4 Å². The first-order valence-corrected chi connectivity index (χ1v) is 4.85. The Morgan fingerprint density at radius 1 is 1.64 bits per heavy atom. The van der Waals surface area contributed by atoms with Crippen molar-refractivity contribution in [3.63, 3.8) is 0 Å². The Labute approximate surface area is 93.5 Å². The Morgan fingerprint density at radius 2 is 2.29 bits per heavy atom. The molecule has 0 aromatic heterocycles. The molecule has 0 spiro atoms. The van der Waals surface area contributed by atoms with Crippen LogP contribution in [0.4, 0.5) is 4.39 Å². The van der Waals surface area contributed by atoms with Crippen molar-refractivity contribution in [2.45, 2.75) is 6.42 Å². The van der Waals surface area contributed by atoms with Crippen LogP contribution in [0, 0.1) is 5.82 Å². The van der Waals surface area contributed by atoms with Gasteiger partial charge in [0.05, 0.1) is 11.4 Å². The first-order chi connectivity index (χ1) is 6.56. The minimum absolute atomic E-state index is 0.149. The van der Waals surface area contributed by atoms with Gasteiger partial charge in [-0.15, -0.1) is 0 Å². The molecule has 0 radical (unpaired) electrons. The van der Waals surface area contributed by atoms with E-state index in [0.717, 1.165) is 0 Å². The zero-order chi connectivity index (χ0) is 10.7. The highest BCUT2D eigenvalue weighted by Crippen LogP contribution is 2.28. The molecule has 0 aliphatic rings. The van der Waals surface area contributed by atoms with Crippen LogP contribution in [-0.4, -0.2) is 5.91 Å². The largest absolute Gasteiger partial charge is 0.294 e. The summed E-state index contributed by atoms with van der Waals surface area (Å²) >= 11 is 8.83. The van der Waals surface area contributed by atoms with Crippen molar-refractivity contribution in [3.05, 3.63) is 33.0 Å². The van der Waals surface area contributed by atoms with E-state index in [2.05, 4.69) is 15.9 Å². The summed E-state index contributed by atoms with van der Waals surface area (Å²) in [4.78, 5) is 10.9. The highest BCUT2D eigenvalue weighted by atomic mass is 79.9. The molecule has 1 aromatic carbocycles. The molecule has 3 N–H and O–H groups in total. The molecule has 1 amide bonds. The first-order valence-electron chi connectivity index (χ1n) is 3.68. The molecule has 76 valence electrons. The molecule has 0 saturated carbocycles. The van der Waals surface area contributed by atoms with Gasteiger partial charge in [0.2, 0.25) is 5.91 Å². The zero-order valence-corrected chi connectivity index (χ0v) is 9.32. The fraction of sp³-hybridized carbons (Fsp3) is 0.125. The maximum Gasteiger partial charge on any atom is 0.238 e. The predicted octanol–water partition coefficient (Wildman–Crippen LogP) is 1.77. The summed E-state index contributed by atoms with van der Waals surface area (Å²) in [6.07, 6.45) is -0.149. The van der Waals surface area contributed by atoms with Gasteiger partial charge in [0, 0.05) is 10.0 Å². The molecule has 0 atom stereocenters. The topological polar surface area (TPSA) is 55.1 Å². The van der Waals surface area contributed by atoms with E-state index in [9.17, 15) is 9.18 Å². The third kappa shape index (κ3) is 2.43. The Balaban J connectivity index is 3.06. The van der Waals surface area contributed by atoms with Crippen LogP contribution in [0.1, 0.15) is 5.56 Å². The molecule has 1 aromatic rings. The van der Waals surface area contributed by atoms with E-state index in [1.54, 1.807) is 0 Å². The van der Waals surface area contributed by atoms with E-state index >= 15 is 0 Å². The number of hydrogen-bond acceptors (Lipinski definition) is 2. The second-order valence-corrected chi connectivity index (χ2v) is 3.77. The SMILES string of the molecule is NNC(=O)Cc1c(F)ccc(Cl)c1Br. The number of halogens is 3. The molecule has 0 unspecified atom stereocenters. The Morgan fingerprint density at radius 3 is 2.86 bits per heavy atom. The van der Waals surface area contributed by atoms with E-state index in [0.29, 0.717) is 9.50 Å². The third-order valence-electron chi connectivity index (χ3n) is 1.64. The van der Waals surface area contributed by atoms with Crippen LogP contribution in [0.15, 0.2) is 16.6 Å². The van der Waals surface area contributed by atoms with Gasteiger partial charge in [-0.2, -0.15) is 0 Å². The molecule has 0 saturated heterocycles. The Kier molecular flexibility index (Phi) is 3.86. The van der Waals surface area contributed by atoms with Crippen LogP contribution in [0.25, 0.3) is 0 Å². The highest BCUT2D eigenvalue weighted by Gasteiger charge is 2.13. The van der Waals surface area contributed by atoms with Gasteiger partial charge in [0.25, 0.3) is 0 Å². The predicted molar refractivity (Wildman–Crippen MR) is 55.1 cm³/mol. The van der Waals surface area contributed by atoms with Crippen LogP contribution in [0.5, 0.6) is 0 Å². The quantitative estimate of drug-likeness (QED) is 0.376. The number of amides is 1. The van der Waals surface area contributed by atoms with Gasteiger partial charge in [0.15, 0.2) is 0 Å². The summed E-state index contributed by atoms with van der Waals surface area (Å²) in [6, 6.07) is 2.61. The maximum atomic E-state index is 13.2. The second kappa shape index (κ2) is 4.72. The van der Waals surface area contributed by atoms with Crippen LogP contribution in [0.2, 0.25) is 5.02 Å². The van der Waals surface area contributed by atoms with Gasteiger partial charge in [-0.05, 0) is 28.1 Å². The van der Waals surface area contributed by atoms with Crippen LogP contribution in [-0.2, 0) is 11.2 Å². The number of hydrazine groups is 1. The standard InChI is InChI=1S/C8H7BrClFN2O/c9-8-4(3-7(14)13-12)6(11)2-1-5(8)10/h1-2H,3,12H2,(H,13,14). The second-order valence-electron chi connectivity index (χ2n) is 2.57. The lowest BCUT2D eigenvalue weighted by molar-refractivity contribution is -0.120. The highest BCUT2D eigenvalue weighted by molar-refractivity contribution is 9.10. The molecular weight excluding hydrogens is 274 g/mol. The molecule has 1 rings (SSSR count).